The second-order valence-electron chi connectivity index (χ2n) is 4.94. The third-order valence-electron chi connectivity index (χ3n) is 3.14. The molecule has 0 aromatic carbocycles. The average molecular weight is 243 g/mol. The quantitative estimate of drug-likeness (QED) is 0.462. The molecule has 17 heavy (non-hydrogen) atoms. The number of ether oxygens (including phenoxy) is 1. The van der Waals surface area contributed by atoms with Crippen molar-refractivity contribution < 1.29 is 4.74 Å². The van der Waals surface area contributed by atoms with Crippen LogP contribution in [0, 0.1) is 0 Å². The molecule has 104 valence electrons. The van der Waals surface area contributed by atoms with Crippen LogP contribution in [0.2, 0.25) is 0 Å². The molecular weight excluding hydrogens is 210 g/mol. The van der Waals surface area contributed by atoms with Gasteiger partial charge in [0.2, 0.25) is 0 Å². The molecule has 0 saturated carbocycles. The molecule has 0 saturated heterocycles. The Morgan fingerprint density at radius 1 is 0.647 bits per heavy atom. The van der Waals surface area contributed by atoms with E-state index in [1.807, 2.05) is 0 Å². The highest BCUT2D eigenvalue weighted by Crippen LogP contribution is 2.07. The minimum Gasteiger partial charge on any atom is -0.381 e. The molecule has 0 rings (SSSR count). The van der Waals surface area contributed by atoms with Crippen LogP contribution in [0.5, 0.6) is 0 Å². The summed E-state index contributed by atoms with van der Waals surface area (Å²) in [6, 6.07) is 0. The molecule has 0 amide bonds. The summed E-state index contributed by atoms with van der Waals surface area (Å²) in [5.74, 6) is 0. The van der Waals surface area contributed by atoms with Gasteiger partial charge >= 0.3 is 0 Å². The Labute approximate surface area is 108 Å². The van der Waals surface area contributed by atoms with E-state index in [-0.39, 0.29) is 0 Å². The van der Waals surface area contributed by atoms with Crippen molar-refractivity contribution in [3.05, 3.63) is 0 Å². The molecule has 0 aliphatic carbocycles. The Bertz CT molecular complexity index is 114. The van der Waals surface area contributed by atoms with Crippen LogP contribution in [0.15, 0.2) is 0 Å². The molecule has 0 aromatic rings. The Balaban J connectivity index is 2.85. The lowest BCUT2D eigenvalue weighted by Crippen LogP contribution is -1.98. The molecule has 0 atom stereocenters. The van der Waals surface area contributed by atoms with E-state index in [9.17, 15) is 0 Å². The smallest absolute Gasteiger partial charge is 0.0466 e. The summed E-state index contributed by atoms with van der Waals surface area (Å²) in [6.45, 7) is 5.03. The lowest BCUT2D eigenvalue weighted by molar-refractivity contribution is 0.125. The van der Waals surface area contributed by atoms with Crippen LogP contribution in [-0.4, -0.2) is 19.8 Å². The summed E-state index contributed by atoms with van der Waals surface area (Å²) < 4.78 is 5.61. The van der Waals surface area contributed by atoms with Crippen molar-refractivity contribution in [3.8, 4) is 0 Å². The van der Waals surface area contributed by atoms with Gasteiger partial charge in [0.05, 0.1) is 0 Å². The fourth-order valence-corrected chi connectivity index (χ4v) is 1.97. The van der Waals surface area contributed by atoms with Crippen LogP contribution in [0.1, 0.15) is 77.6 Å². The van der Waals surface area contributed by atoms with E-state index in [2.05, 4.69) is 6.92 Å². The van der Waals surface area contributed by atoms with E-state index in [1.165, 1.54) is 70.6 Å². The number of rotatable bonds is 14. The second-order valence-corrected chi connectivity index (χ2v) is 4.94. The summed E-state index contributed by atoms with van der Waals surface area (Å²) >= 11 is 0. The Kier molecular flexibility index (Phi) is 15.8. The minimum atomic E-state index is 0.853. The molecule has 0 heterocycles. The zero-order chi connectivity index (χ0) is 12.6. The van der Waals surface area contributed by atoms with Gasteiger partial charge in [-0.05, 0) is 25.8 Å². The predicted octanol–water partition coefficient (Wildman–Crippen LogP) is 4.27. The maximum Gasteiger partial charge on any atom is 0.0466 e. The van der Waals surface area contributed by atoms with Gasteiger partial charge in [0, 0.05) is 13.2 Å². The standard InChI is InChI=1S/C15H33NO/c1-2-3-4-11-14-17-15-12-9-7-5-6-8-10-13-16/h2-16H2,1H3. The Morgan fingerprint density at radius 2 is 1.12 bits per heavy atom. The fraction of sp³-hybridized carbons (Fsp3) is 1.00. The first kappa shape index (κ1) is 16.9. The van der Waals surface area contributed by atoms with Crippen LogP contribution in [-0.2, 0) is 4.74 Å². The first-order chi connectivity index (χ1) is 8.41. The van der Waals surface area contributed by atoms with Gasteiger partial charge in [-0.2, -0.15) is 0 Å². The highest BCUT2D eigenvalue weighted by atomic mass is 16.5. The maximum atomic E-state index is 5.61. The van der Waals surface area contributed by atoms with E-state index >= 15 is 0 Å². The van der Waals surface area contributed by atoms with E-state index in [0.29, 0.717) is 0 Å². The van der Waals surface area contributed by atoms with Gasteiger partial charge in [0.25, 0.3) is 0 Å². The van der Waals surface area contributed by atoms with E-state index in [4.69, 9.17) is 10.5 Å². The number of nitrogens with two attached hydrogens (primary N) is 1. The normalized spacial score (nSPS) is 10.9. The van der Waals surface area contributed by atoms with Crippen LogP contribution in [0.4, 0.5) is 0 Å². The lowest BCUT2D eigenvalue weighted by Gasteiger charge is -2.04. The predicted molar refractivity (Wildman–Crippen MR) is 76.3 cm³/mol. The Hall–Kier alpha value is -0.0800. The second kappa shape index (κ2) is 15.9. The van der Waals surface area contributed by atoms with Crippen molar-refractivity contribution in [3.63, 3.8) is 0 Å². The zero-order valence-electron chi connectivity index (χ0n) is 11.9. The number of unbranched alkanes of at least 4 members (excludes halogenated alkanes) is 9. The summed E-state index contributed by atoms with van der Waals surface area (Å²) in [7, 11) is 0. The van der Waals surface area contributed by atoms with Crippen molar-refractivity contribution in [2.24, 2.45) is 5.73 Å². The van der Waals surface area contributed by atoms with E-state index in [0.717, 1.165) is 19.8 Å². The highest BCUT2D eigenvalue weighted by molar-refractivity contribution is 4.47. The summed E-state index contributed by atoms with van der Waals surface area (Å²) in [5.41, 5.74) is 5.45. The third kappa shape index (κ3) is 15.9. The van der Waals surface area contributed by atoms with Crippen molar-refractivity contribution in [1.82, 2.24) is 0 Å². The van der Waals surface area contributed by atoms with Crippen LogP contribution in [0.3, 0.4) is 0 Å². The topological polar surface area (TPSA) is 35.2 Å². The molecule has 0 radical (unpaired) electrons. The summed E-state index contributed by atoms with van der Waals surface area (Å²) in [4.78, 5) is 0. The van der Waals surface area contributed by atoms with E-state index in [1.54, 1.807) is 0 Å². The van der Waals surface area contributed by atoms with E-state index < -0.39 is 0 Å². The monoisotopic (exact) mass is 243 g/mol. The molecule has 0 aromatic heterocycles. The third-order valence-corrected chi connectivity index (χ3v) is 3.14. The molecular formula is C15H33NO. The average Bonchev–Trinajstić information content (AvgIpc) is 2.35. The zero-order valence-corrected chi connectivity index (χ0v) is 11.9. The van der Waals surface area contributed by atoms with Crippen LogP contribution in [0.25, 0.3) is 0 Å². The van der Waals surface area contributed by atoms with Crippen LogP contribution < -0.4 is 5.73 Å². The van der Waals surface area contributed by atoms with Crippen molar-refractivity contribution in [1.29, 1.82) is 0 Å². The van der Waals surface area contributed by atoms with Crippen molar-refractivity contribution in [2.75, 3.05) is 19.8 Å². The molecule has 2 nitrogen and oxygen atoms in total. The molecule has 0 aliphatic rings. The SMILES string of the molecule is CCCCCCOCCCCCCCCCN. The van der Waals surface area contributed by atoms with Gasteiger partial charge in [-0.3, -0.25) is 0 Å². The van der Waals surface area contributed by atoms with Gasteiger partial charge in [0.15, 0.2) is 0 Å². The first-order valence-corrected chi connectivity index (χ1v) is 7.69. The molecule has 0 bridgehead atoms. The van der Waals surface area contributed by atoms with Gasteiger partial charge < -0.3 is 10.5 Å². The van der Waals surface area contributed by atoms with Crippen molar-refractivity contribution >= 4 is 0 Å². The first-order valence-electron chi connectivity index (χ1n) is 7.69. The largest absolute Gasteiger partial charge is 0.381 e. The van der Waals surface area contributed by atoms with Gasteiger partial charge in [-0.25, -0.2) is 0 Å². The highest BCUT2D eigenvalue weighted by Gasteiger charge is 1.92. The summed E-state index contributed by atoms with van der Waals surface area (Å²) in [6.07, 6.45) is 14.4. The molecule has 0 fully saturated rings. The Morgan fingerprint density at radius 3 is 1.65 bits per heavy atom. The lowest BCUT2D eigenvalue weighted by atomic mass is 10.1. The number of hydrogen-bond acceptors (Lipinski definition) is 2. The fourth-order valence-electron chi connectivity index (χ4n) is 1.97. The molecule has 0 unspecified atom stereocenters. The maximum absolute atomic E-state index is 5.61. The summed E-state index contributed by atoms with van der Waals surface area (Å²) in [5, 5.41) is 0. The molecule has 0 spiro atoms. The van der Waals surface area contributed by atoms with Crippen LogP contribution >= 0.6 is 0 Å². The van der Waals surface area contributed by atoms with Gasteiger partial charge in [-0.15, -0.1) is 0 Å². The molecule has 2 heteroatoms. The number of hydrogen-bond donors (Lipinski definition) is 1. The van der Waals surface area contributed by atoms with Gasteiger partial charge in [-0.1, -0.05) is 58.3 Å². The molecule has 2 N–H and O–H groups in total. The van der Waals surface area contributed by atoms with Gasteiger partial charge in [0.1, 0.15) is 0 Å². The minimum absolute atomic E-state index is 0.853. The molecule has 0 aliphatic heterocycles. The van der Waals surface area contributed by atoms with Crippen molar-refractivity contribution in [2.45, 2.75) is 77.6 Å².